The third-order valence-corrected chi connectivity index (χ3v) is 2.08. The first-order valence-corrected chi connectivity index (χ1v) is 6.38. The lowest BCUT2D eigenvalue weighted by atomic mass is 10.6. The van der Waals surface area contributed by atoms with Crippen molar-refractivity contribution in [3.63, 3.8) is 0 Å². The maximum absolute atomic E-state index is 11.4. The standard InChI is InChI=1S/C10H21FN2O4S/c11-13-2-4-16-6-8-17-7-5-15-3-1-12-10(14)9-18/h13,18H,1-9H2,(H,12,14). The van der Waals surface area contributed by atoms with Gasteiger partial charge in [-0.1, -0.05) is 0 Å². The number of halogens is 1. The van der Waals surface area contributed by atoms with Crippen molar-refractivity contribution in [1.29, 1.82) is 0 Å². The predicted molar refractivity (Wildman–Crippen MR) is 68.4 cm³/mol. The van der Waals surface area contributed by atoms with Crippen LogP contribution in [0.25, 0.3) is 0 Å². The van der Waals surface area contributed by atoms with Gasteiger partial charge < -0.3 is 19.5 Å². The zero-order chi connectivity index (χ0) is 13.5. The van der Waals surface area contributed by atoms with E-state index in [9.17, 15) is 9.28 Å². The van der Waals surface area contributed by atoms with Gasteiger partial charge >= 0.3 is 0 Å². The fourth-order valence-corrected chi connectivity index (χ4v) is 1.08. The molecule has 0 atom stereocenters. The number of carbonyl (C=O) groups is 1. The number of hydrogen-bond donors (Lipinski definition) is 3. The van der Waals surface area contributed by atoms with Gasteiger partial charge in [0, 0.05) is 13.1 Å². The van der Waals surface area contributed by atoms with Crippen LogP contribution >= 0.6 is 12.6 Å². The zero-order valence-corrected chi connectivity index (χ0v) is 11.2. The Bertz CT molecular complexity index is 201. The Balaban J connectivity index is 2.97. The van der Waals surface area contributed by atoms with Crippen LogP contribution in [-0.2, 0) is 19.0 Å². The second kappa shape index (κ2) is 14.7. The summed E-state index contributed by atoms with van der Waals surface area (Å²) in [5, 5.41) is 2.63. The Labute approximate surface area is 112 Å². The van der Waals surface area contributed by atoms with Gasteiger partial charge in [-0.05, 0) is 0 Å². The molecule has 0 saturated heterocycles. The summed E-state index contributed by atoms with van der Waals surface area (Å²) >= 11 is 3.82. The number of rotatable bonds is 13. The summed E-state index contributed by atoms with van der Waals surface area (Å²) < 4.78 is 26.9. The normalized spacial score (nSPS) is 10.6. The van der Waals surface area contributed by atoms with E-state index < -0.39 is 0 Å². The molecule has 0 aromatic rings. The summed E-state index contributed by atoms with van der Waals surface area (Å²) in [5.41, 5.74) is 1.49. The molecule has 0 heterocycles. The van der Waals surface area contributed by atoms with Crippen molar-refractivity contribution >= 4 is 18.5 Å². The van der Waals surface area contributed by atoms with Gasteiger partial charge in [0.25, 0.3) is 0 Å². The van der Waals surface area contributed by atoms with Gasteiger partial charge in [-0.3, -0.25) is 4.79 Å². The van der Waals surface area contributed by atoms with Crippen LogP contribution in [-0.4, -0.2) is 64.4 Å². The Hall–Kier alpha value is -0.410. The number of carbonyl (C=O) groups excluding carboxylic acids is 1. The van der Waals surface area contributed by atoms with Gasteiger partial charge in [-0.2, -0.15) is 18.2 Å². The fourth-order valence-electron chi connectivity index (χ4n) is 0.971. The van der Waals surface area contributed by atoms with Crippen molar-refractivity contribution in [2.75, 3.05) is 58.5 Å². The molecule has 18 heavy (non-hydrogen) atoms. The lowest BCUT2D eigenvalue weighted by molar-refractivity contribution is -0.118. The lowest BCUT2D eigenvalue weighted by Crippen LogP contribution is -2.28. The second-order valence-corrected chi connectivity index (χ2v) is 3.55. The Morgan fingerprint density at radius 3 is 1.94 bits per heavy atom. The van der Waals surface area contributed by atoms with Crippen molar-refractivity contribution < 1.29 is 23.5 Å². The average Bonchev–Trinajstić information content (AvgIpc) is 2.39. The summed E-state index contributed by atoms with van der Waals surface area (Å²) in [6, 6.07) is 0. The minimum atomic E-state index is -0.113. The van der Waals surface area contributed by atoms with E-state index in [0.29, 0.717) is 46.2 Å². The van der Waals surface area contributed by atoms with Crippen molar-refractivity contribution in [3.05, 3.63) is 0 Å². The molecule has 0 aromatic heterocycles. The number of hydrogen-bond acceptors (Lipinski definition) is 6. The number of ether oxygens (including phenoxy) is 3. The molecule has 6 nitrogen and oxygen atoms in total. The fraction of sp³-hybridized carbons (Fsp3) is 0.900. The van der Waals surface area contributed by atoms with Crippen LogP contribution in [0.4, 0.5) is 4.48 Å². The van der Waals surface area contributed by atoms with Gasteiger partial charge in [0.15, 0.2) is 0 Å². The molecule has 0 aliphatic rings. The molecule has 0 saturated carbocycles. The highest BCUT2D eigenvalue weighted by molar-refractivity contribution is 7.81. The summed E-state index contributed by atoms with van der Waals surface area (Å²) in [6.45, 7) is 3.22. The Morgan fingerprint density at radius 1 is 0.944 bits per heavy atom. The molecule has 0 spiro atoms. The Morgan fingerprint density at radius 2 is 1.44 bits per heavy atom. The largest absolute Gasteiger partial charge is 0.378 e. The summed E-state index contributed by atoms with van der Waals surface area (Å²) in [7, 11) is 0. The zero-order valence-electron chi connectivity index (χ0n) is 10.3. The minimum Gasteiger partial charge on any atom is -0.378 e. The van der Waals surface area contributed by atoms with E-state index in [4.69, 9.17) is 14.2 Å². The topological polar surface area (TPSA) is 68.8 Å². The maximum Gasteiger partial charge on any atom is 0.229 e. The minimum absolute atomic E-state index is 0.113. The Kier molecular flexibility index (Phi) is 14.3. The molecule has 108 valence electrons. The molecule has 0 fully saturated rings. The lowest BCUT2D eigenvalue weighted by Gasteiger charge is -2.07. The summed E-state index contributed by atoms with van der Waals surface area (Å²) in [4.78, 5) is 10.8. The van der Waals surface area contributed by atoms with Crippen molar-refractivity contribution in [3.8, 4) is 0 Å². The third-order valence-electron chi connectivity index (χ3n) is 1.80. The highest BCUT2D eigenvalue weighted by Gasteiger charge is 1.95. The smallest absolute Gasteiger partial charge is 0.229 e. The van der Waals surface area contributed by atoms with Gasteiger partial charge in [0.1, 0.15) is 0 Å². The van der Waals surface area contributed by atoms with Crippen molar-refractivity contribution in [2.24, 2.45) is 0 Å². The second-order valence-electron chi connectivity index (χ2n) is 3.23. The molecule has 0 radical (unpaired) electrons. The average molecular weight is 284 g/mol. The van der Waals surface area contributed by atoms with Crippen LogP contribution in [0.5, 0.6) is 0 Å². The summed E-state index contributed by atoms with van der Waals surface area (Å²) in [5.74, 6) is 0.0687. The molecule has 0 aliphatic heterocycles. The molecule has 0 aromatic carbocycles. The highest BCUT2D eigenvalue weighted by Crippen LogP contribution is 1.81. The first-order valence-electron chi connectivity index (χ1n) is 5.75. The van der Waals surface area contributed by atoms with Crippen LogP contribution in [0.3, 0.4) is 0 Å². The molecule has 0 aliphatic carbocycles. The van der Waals surface area contributed by atoms with Crippen LogP contribution < -0.4 is 10.9 Å². The van der Waals surface area contributed by atoms with Crippen LogP contribution in [0.2, 0.25) is 0 Å². The number of thiol groups is 1. The van der Waals surface area contributed by atoms with Crippen LogP contribution in [0.1, 0.15) is 0 Å². The van der Waals surface area contributed by atoms with E-state index in [0.717, 1.165) is 0 Å². The molecular weight excluding hydrogens is 263 g/mol. The van der Waals surface area contributed by atoms with Gasteiger partial charge in [0.2, 0.25) is 5.91 Å². The maximum atomic E-state index is 11.4. The first-order chi connectivity index (χ1) is 8.81. The van der Waals surface area contributed by atoms with Crippen LogP contribution in [0.15, 0.2) is 0 Å². The van der Waals surface area contributed by atoms with E-state index in [1.165, 1.54) is 5.54 Å². The molecule has 0 unspecified atom stereocenters. The molecule has 2 N–H and O–H groups in total. The summed E-state index contributed by atoms with van der Waals surface area (Å²) in [6.07, 6.45) is 0. The molecule has 1 amide bonds. The predicted octanol–water partition coefficient (Wildman–Crippen LogP) is -0.444. The van der Waals surface area contributed by atoms with E-state index in [1.54, 1.807) is 0 Å². The number of nitrogens with one attached hydrogen (secondary N) is 2. The van der Waals surface area contributed by atoms with E-state index >= 15 is 0 Å². The van der Waals surface area contributed by atoms with Gasteiger partial charge in [0.05, 0.1) is 45.4 Å². The molecular formula is C10H21FN2O4S. The molecule has 0 bridgehead atoms. The monoisotopic (exact) mass is 284 g/mol. The SMILES string of the molecule is O=C(CS)NCCOCCOCCOCCNF. The van der Waals surface area contributed by atoms with Gasteiger partial charge in [-0.15, -0.1) is 4.48 Å². The molecule has 8 heteroatoms. The van der Waals surface area contributed by atoms with Crippen LogP contribution in [0, 0.1) is 0 Å². The quantitative estimate of drug-likeness (QED) is 0.243. The van der Waals surface area contributed by atoms with Gasteiger partial charge in [-0.25, -0.2) is 0 Å². The highest BCUT2D eigenvalue weighted by atomic mass is 32.1. The van der Waals surface area contributed by atoms with E-state index in [-0.39, 0.29) is 18.2 Å². The van der Waals surface area contributed by atoms with E-state index in [1.807, 2.05) is 0 Å². The third kappa shape index (κ3) is 13.7. The number of amides is 1. The first kappa shape index (κ1) is 17.6. The van der Waals surface area contributed by atoms with Crippen molar-refractivity contribution in [1.82, 2.24) is 10.9 Å². The molecule has 0 rings (SSSR count). The van der Waals surface area contributed by atoms with E-state index in [2.05, 4.69) is 17.9 Å². The van der Waals surface area contributed by atoms with Crippen molar-refractivity contribution in [2.45, 2.75) is 0 Å².